The molecule has 2 aromatic carbocycles. The summed E-state index contributed by atoms with van der Waals surface area (Å²) in [5.41, 5.74) is 9.71. The zero-order valence-corrected chi connectivity index (χ0v) is 34.5. The van der Waals surface area contributed by atoms with Gasteiger partial charge < -0.3 is 25.0 Å². The number of thiazole rings is 2. The van der Waals surface area contributed by atoms with Crippen LogP contribution in [0.3, 0.4) is 0 Å². The van der Waals surface area contributed by atoms with E-state index in [2.05, 4.69) is 24.0 Å². The second-order valence-electron chi connectivity index (χ2n) is 15.4. The summed E-state index contributed by atoms with van der Waals surface area (Å²) in [7, 11) is 0. The number of fused-ring (bicyclic) bond motifs is 3. The fraction of sp³-hybridized carbons (Fsp3) is 0.450. The summed E-state index contributed by atoms with van der Waals surface area (Å²) in [4.78, 5) is 49.1. The van der Waals surface area contributed by atoms with E-state index in [1.54, 1.807) is 43.8 Å². The highest BCUT2D eigenvalue weighted by Crippen LogP contribution is 2.47. The summed E-state index contributed by atoms with van der Waals surface area (Å²) >= 11 is 4.82. The van der Waals surface area contributed by atoms with Crippen molar-refractivity contribution in [2.24, 2.45) is 5.92 Å². The summed E-state index contributed by atoms with van der Waals surface area (Å²) < 4.78 is 13.1. The minimum absolute atomic E-state index is 0.0636. The third-order valence-electron chi connectivity index (χ3n) is 8.42. The number of thiophene rings is 1. The van der Waals surface area contributed by atoms with Crippen LogP contribution in [0.4, 0.5) is 14.6 Å². The molecule has 1 fully saturated rings. The maximum Gasteiger partial charge on any atom is 0.410 e. The third kappa shape index (κ3) is 10.3. The molecule has 5 aromatic rings. The van der Waals surface area contributed by atoms with Crippen LogP contribution in [0, 0.1) is 17.2 Å². The smallest absolute Gasteiger partial charge is 0.410 e. The largest absolute Gasteiger partial charge is 0.444 e. The molecule has 0 spiro atoms. The Morgan fingerprint density at radius 2 is 1.41 bits per heavy atom. The van der Waals surface area contributed by atoms with Crippen LogP contribution in [0.1, 0.15) is 83.2 Å². The number of hydrogen-bond donors (Lipinski definition) is 1. The number of ketones is 1. The molecule has 11 nitrogen and oxygen atoms in total. The Morgan fingerprint density at radius 3 is 1.96 bits per heavy atom. The first kappa shape index (κ1) is 40.6. The van der Waals surface area contributed by atoms with Gasteiger partial charge in [0.1, 0.15) is 27.0 Å². The maximum absolute atomic E-state index is 12.5. The topological polar surface area (TPSA) is 152 Å². The second kappa shape index (κ2) is 16.8. The fourth-order valence-corrected chi connectivity index (χ4v) is 9.26. The van der Waals surface area contributed by atoms with Crippen molar-refractivity contribution in [3.8, 4) is 16.6 Å². The summed E-state index contributed by atoms with van der Waals surface area (Å²) in [6.45, 7) is 17.3. The van der Waals surface area contributed by atoms with Crippen LogP contribution in [0.5, 0.6) is 0 Å². The number of rotatable bonds is 2. The summed E-state index contributed by atoms with van der Waals surface area (Å²) in [6.07, 6.45) is 0.273. The van der Waals surface area contributed by atoms with E-state index in [4.69, 9.17) is 25.5 Å². The molecule has 0 saturated carbocycles. The number of nitrogens with two attached hydrogens (primary N) is 1. The molecule has 0 radical (unpaired) electrons. The van der Waals surface area contributed by atoms with Crippen LogP contribution in [-0.4, -0.2) is 68.6 Å². The van der Waals surface area contributed by atoms with Gasteiger partial charge >= 0.3 is 12.2 Å². The van der Waals surface area contributed by atoms with Gasteiger partial charge in [-0.15, -0.1) is 34.0 Å². The number of Topliss-reactive ketones (excluding diaryl/α,β-unsaturated/α-hetero) is 1. The molecular weight excluding hydrogens is 741 g/mol. The molecule has 286 valence electrons. The predicted molar refractivity (Wildman–Crippen MR) is 218 cm³/mol. The zero-order valence-electron chi connectivity index (χ0n) is 32.1. The summed E-state index contributed by atoms with van der Waals surface area (Å²) in [6, 6.07) is 18.2. The van der Waals surface area contributed by atoms with E-state index in [1.807, 2.05) is 90.9 Å². The van der Waals surface area contributed by atoms with Crippen molar-refractivity contribution >= 4 is 77.4 Å². The van der Waals surface area contributed by atoms with Crippen LogP contribution in [0.25, 0.3) is 31.0 Å². The van der Waals surface area contributed by atoms with Crippen molar-refractivity contribution in [2.45, 2.75) is 91.9 Å². The Kier molecular flexibility index (Phi) is 12.7. The number of carbonyl (C=O) groups is 3. The summed E-state index contributed by atoms with van der Waals surface area (Å²) in [5.74, 6) is 0.345. The van der Waals surface area contributed by atoms with Crippen molar-refractivity contribution in [2.75, 3.05) is 25.4 Å². The molecule has 0 aliphatic carbocycles. The van der Waals surface area contributed by atoms with E-state index >= 15 is 0 Å². The van der Waals surface area contributed by atoms with Crippen LogP contribution >= 0.6 is 34.0 Å². The quantitative estimate of drug-likeness (QED) is 0.184. The van der Waals surface area contributed by atoms with Gasteiger partial charge in [-0.25, -0.2) is 19.6 Å². The minimum Gasteiger partial charge on any atom is -0.444 e. The molecule has 3 aromatic heterocycles. The standard InChI is InChI=1S/C20H23N3O2S2.C11H19NO3.C9H6N2S/c1-11-9-23(19(24)25-20(2,3)4)10-14-15(11)16(17(21)26-14)18-22-12-7-5-6-8-13(12)27-18;1-8-7-12(6-5-9(8)13)10(14)15-11(2,3)4;10-6-5-9-11-7-3-1-2-4-8(7)12-9/h5-8,11H,9-10,21H2,1-4H3;8H,5-7H2,1-4H3;1-4H,5H2. The molecule has 2 atom stereocenters. The Morgan fingerprint density at radius 1 is 0.852 bits per heavy atom. The second-order valence-corrected chi connectivity index (χ2v) is 18.7. The van der Waals surface area contributed by atoms with E-state index < -0.39 is 11.2 Å². The molecule has 2 aliphatic rings. The molecule has 54 heavy (non-hydrogen) atoms. The van der Waals surface area contributed by atoms with Crippen molar-refractivity contribution in [1.82, 2.24) is 19.8 Å². The number of benzene rings is 2. The average Bonchev–Trinajstić information content (AvgIpc) is 3.79. The van der Waals surface area contributed by atoms with Crippen molar-refractivity contribution < 1.29 is 23.9 Å². The lowest BCUT2D eigenvalue weighted by Crippen LogP contribution is -2.45. The first-order chi connectivity index (χ1) is 25.4. The Hall–Kier alpha value is -4.58. The predicted octanol–water partition coefficient (Wildman–Crippen LogP) is 9.66. The van der Waals surface area contributed by atoms with Gasteiger partial charge in [-0.1, -0.05) is 38.1 Å². The molecule has 2 aliphatic heterocycles. The SMILES string of the molecule is CC1CN(C(=O)OC(C)(C)C)CCC1=O.CC1CN(C(=O)OC(C)(C)C)Cc2sc(N)c(-c3nc4ccccc4s3)c21.N#CCc1nc2ccccc2s1. The lowest BCUT2D eigenvalue weighted by Gasteiger charge is -2.33. The molecular formula is C40H48N6O5S3. The van der Waals surface area contributed by atoms with Crippen LogP contribution < -0.4 is 5.73 Å². The molecule has 2 unspecified atom stereocenters. The molecule has 2 N–H and O–H groups in total. The van der Waals surface area contributed by atoms with Crippen LogP contribution in [-0.2, 0) is 27.2 Å². The average molecular weight is 789 g/mol. The van der Waals surface area contributed by atoms with Crippen LogP contribution in [0.15, 0.2) is 48.5 Å². The molecule has 2 amide bonds. The maximum atomic E-state index is 12.5. The van der Waals surface area contributed by atoms with Gasteiger partial charge in [0.05, 0.1) is 44.5 Å². The highest BCUT2D eigenvalue weighted by molar-refractivity contribution is 7.22. The highest BCUT2D eigenvalue weighted by Gasteiger charge is 2.34. The first-order valence-corrected chi connectivity index (χ1v) is 20.3. The minimum atomic E-state index is -0.499. The molecule has 14 heteroatoms. The normalized spacial score (nSPS) is 17.1. The van der Waals surface area contributed by atoms with Crippen molar-refractivity contribution in [3.05, 3.63) is 64.0 Å². The van der Waals surface area contributed by atoms with E-state index in [1.165, 1.54) is 5.56 Å². The van der Waals surface area contributed by atoms with E-state index in [-0.39, 0.29) is 29.8 Å². The monoisotopic (exact) mass is 788 g/mol. The number of para-hydroxylation sites is 2. The van der Waals surface area contributed by atoms with Gasteiger partial charge in [0.2, 0.25) is 0 Å². The molecule has 5 heterocycles. The van der Waals surface area contributed by atoms with Gasteiger partial charge in [0.25, 0.3) is 0 Å². The number of carbonyl (C=O) groups excluding carboxylic acids is 3. The van der Waals surface area contributed by atoms with Crippen molar-refractivity contribution in [3.63, 3.8) is 0 Å². The number of nitriles is 1. The Bertz CT molecular complexity index is 2100. The van der Waals surface area contributed by atoms with Crippen LogP contribution in [0.2, 0.25) is 0 Å². The van der Waals surface area contributed by atoms with Gasteiger partial charge in [-0.05, 0) is 71.4 Å². The first-order valence-electron chi connectivity index (χ1n) is 17.9. The number of ether oxygens (including phenoxy) is 2. The van der Waals surface area contributed by atoms with E-state index in [0.29, 0.717) is 39.0 Å². The van der Waals surface area contributed by atoms with E-state index in [0.717, 1.165) is 45.9 Å². The number of anilines is 1. The number of aromatic nitrogens is 2. The lowest BCUT2D eigenvalue weighted by molar-refractivity contribution is -0.125. The number of piperidine rings is 1. The molecule has 1 saturated heterocycles. The fourth-order valence-electron chi connectivity index (χ4n) is 6.05. The Balaban J connectivity index is 0.000000175. The Labute approximate surface area is 328 Å². The number of amides is 2. The van der Waals surface area contributed by atoms with Gasteiger partial charge in [0.15, 0.2) is 0 Å². The van der Waals surface area contributed by atoms with Gasteiger partial charge in [-0.2, -0.15) is 5.26 Å². The zero-order chi connectivity index (χ0) is 39.4. The third-order valence-corrected chi connectivity index (χ3v) is 11.5. The van der Waals surface area contributed by atoms with Gasteiger partial charge in [0, 0.05) is 48.3 Å². The summed E-state index contributed by atoms with van der Waals surface area (Å²) in [5, 5.41) is 11.1. The number of hydrogen-bond acceptors (Lipinski definition) is 12. The lowest BCUT2D eigenvalue weighted by atomic mass is 9.93. The number of likely N-dealkylation sites (tertiary alicyclic amines) is 1. The van der Waals surface area contributed by atoms with Crippen molar-refractivity contribution in [1.29, 1.82) is 5.26 Å². The highest BCUT2D eigenvalue weighted by atomic mass is 32.1. The molecule has 0 bridgehead atoms. The van der Waals surface area contributed by atoms with Gasteiger partial charge in [-0.3, -0.25) is 4.79 Å². The molecule has 7 rings (SSSR count). The van der Waals surface area contributed by atoms with E-state index in [9.17, 15) is 14.4 Å². The number of nitrogens with zero attached hydrogens (tertiary/aromatic N) is 5. The number of nitrogen functional groups attached to an aromatic ring is 1.